The van der Waals surface area contributed by atoms with E-state index in [0.29, 0.717) is 6.54 Å². The van der Waals surface area contributed by atoms with Crippen LogP contribution in [0, 0.1) is 10.1 Å². The second kappa shape index (κ2) is 7.46. The summed E-state index contributed by atoms with van der Waals surface area (Å²) in [5.41, 5.74) is 2.20. The molecule has 1 aromatic heterocycles. The van der Waals surface area contributed by atoms with E-state index in [-0.39, 0.29) is 23.6 Å². The Balaban J connectivity index is 1.46. The molecule has 6 heteroatoms. The van der Waals surface area contributed by atoms with Gasteiger partial charge in [0.2, 0.25) is 5.91 Å². The van der Waals surface area contributed by atoms with Crippen molar-refractivity contribution in [2.24, 2.45) is 0 Å². The molecule has 0 bridgehead atoms. The van der Waals surface area contributed by atoms with Crippen LogP contribution in [0.2, 0.25) is 0 Å². The highest BCUT2D eigenvalue weighted by atomic mass is 16.6. The molecule has 0 atom stereocenters. The molecule has 0 radical (unpaired) electrons. The molecule has 1 heterocycles. The number of carbonyl (C=O) groups is 1. The van der Waals surface area contributed by atoms with Crippen molar-refractivity contribution >= 4 is 22.5 Å². The summed E-state index contributed by atoms with van der Waals surface area (Å²) >= 11 is 0. The van der Waals surface area contributed by atoms with Crippen LogP contribution in [0.5, 0.6) is 0 Å². The highest BCUT2D eigenvalue weighted by Gasteiger charge is 2.35. The lowest BCUT2D eigenvalue weighted by Gasteiger charge is -2.30. The van der Waals surface area contributed by atoms with Crippen LogP contribution in [-0.4, -0.2) is 21.9 Å². The summed E-state index contributed by atoms with van der Waals surface area (Å²) < 4.78 is 1.83. The van der Waals surface area contributed by atoms with E-state index in [2.05, 4.69) is 29.6 Å². The van der Waals surface area contributed by atoms with Gasteiger partial charge in [-0.1, -0.05) is 43.2 Å². The second-order valence-corrected chi connectivity index (χ2v) is 7.57. The standard InChI is InChI=1S/C22H23N3O3/c26-21(15-24-13-10-17-14-19(25(27)28)8-9-20(17)24)23-16-22(11-4-5-12-22)18-6-2-1-3-7-18/h1-3,6-10,13-14H,4-5,11-12,15-16H2,(H,23,26). The average molecular weight is 377 g/mol. The van der Waals surface area contributed by atoms with Crippen LogP contribution in [-0.2, 0) is 16.8 Å². The highest BCUT2D eigenvalue weighted by molar-refractivity contribution is 5.85. The Hall–Kier alpha value is -3.15. The quantitative estimate of drug-likeness (QED) is 0.517. The van der Waals surface area contributed by atoms with Crippen molar-refractivity contribution < 1.29 is 9.72 Å². The van der Waals surface area contributed by atoms with E-state index in [1.165, 1.54) is 30.5 Å². The number of hydrogen-bond acceptors (Lipinski definition) is 3. The Kier molecular flexibility index (Phi) is 4.86. The number of nitro benzene ring substituents is 1. The van der Waals surface area contributed by atoms with Gasteiger partial charge in [0, 0.05) is 41.2 Å². The van der Waals surface area contributed by atoms with E-state index in [4.69, 9.17) is 0 Å². The molecule has 4 rings (SSSR count). The molecule has 6 nitrogen and oxygen atoms in total. The summed E-state index contributed by atoms with van der Waals surface area (Å²) in [6.07, 6.45) is 6.36. The molecule has 0 unspecified atom stereocenters. The maximum atomic E-state index is 12.6. The average Bonchev–Trinajstić information content (AvgIpc) is 3.35. The highest BCUT2D eigenvalue weighted by Crippen LogP contribution is 2.40. The molecule has 1 aliphatic carbocycles. The van der Waals surface area contributed by atoms with Gasteiger partial charge in [-0.25, -0.2) is 0 Å². The van der Waals surface area contributed by atoms with E-state index in [1.807, 2.05) is 10.6 Å². The SMILES string of the molecule is O=C(Cn1ccc2cc([N+](=O)[O-])ccc21)NCC1(c2ccccc2)CCCC1. The number of fused-ring (bicyclic) bond motifs is 1. The number of amides is 1. The monoisotopic (exact) mass is 377 g/mol. The van der Waals surface area contributed by atoms with E-state index in [0.717, 1.165) is 23.7 Å². The van der Waals surface area contributed by atoms with E-state index in [1.54, 1.807) is 18.3 Å². The molecule has 3 aromatic rings. The molecule has 1 N–H and O–H groups in total. The number of benzene rings is 2. The van der Waals surface area contributed by atoms with Gasteiger partial charge in [0.15, 0.2) is 0 Å². The van der Waals surface area contributed by atoms with Gasteiger partial charge in [-0.2, -0.15) is 0 Å². The number of non-ortho nitro benzene ring substituents is 1. The number of hydrogen-bond donors (Lipinski definition) is 1. The van der Waals surface area contributed by atoms with Gasteiger partial charge in [0.05, 0.1) is 4.92 Å². The summed E-state index contributed by atoms with van der Waals surface area (Å²) in [7, 11) is 0. The van der Waals surface area contributed by atoms with Crippen molar-refractivity contribution in [3.8, 4) is 0 Å². The third-order valence-electron chi connectivity index (χ3n) is 5.85. The Bertz CT molecular complexity index is 1000. The van der Waals surface area contributed by atoms with Gasteiger partial charge in [-0.3, -0.25) is 14.9 Å². The number of nitrogens with zero attached hydrogens (tertiary/aromatic N) is 2. The van der Waals surface area contributed by atoms with Crippen LogP contribution in [0.25, 0.3) is 10.9 Å². The van der Waals surface area contributed by atoms with Gasteiger partial charge in [0.25, 0.3) is 5.69 Å². The Labute approximate surface area is 163 Å². The largest absolute Gasteiger partial charge is 0.354 e. The number of rotatable bonds is 6. The van der Waals surface area contributed by atoms with Crippen molar-refractivity contribution in [1.29, 1.82) is 0 Å². The maximum Gasteiger partial charge on any atom is 0.270 e. The van der Waals surface area contributed by atoms with Gasteiger partial charge >= 0.3 is 0 Å². The molecule has 28 heavy (non-hydrogen) atoms. The van der Waals surface area contributed by atoms with E-state index >= 15 is 0 Å². The Morgan fingerprint density at radius 1 is 1.11 bits per heavy atom. The summed E-state index contributed by atoms with van der Waals surface area (Å²) in [4.78, 5) is 23.1. The zero-order valence-corrected chi connectivity index (χ0v) is 15.6. The van der Waals surface area contributed by atoms with Crippen LogP contribution < -0.4 is 5.32 Å². The van der Waals surface area contributed by atoms with Gasteiger partial charge < -0.3 is 9.88 Å². The third-order valence-corrected chi connectivity index (χ3v) is 5.85. The minimum Gasteiger partial charge on any atom is -0.354 e. The zero-order valence-electron chi connectivity index (χ0n) is 15.6. The van der Waals surface area contributed by atoms with Crippen LogP contribution in [0.4, 0.5) is 5.69 Å². The van der Waals surface area contributed by atoms with Crippen molar-refractivity contribution in [1.82, 2.24) is 9.88 Å². The third kappa shape index (κ3) is 3.50. The lowest BCUT2D eigenvalue weighted by molar-refractivity contribution is -0.384. The van der Waals surface area contributed by atoms with E-state index in [9.17, 15) is 14.9 Å². The molecule has 2 aromatic carbocycles. The van der Waals surface area contributed by atoms with Crippen LogP contribution in [0.3, 0.4) is 0 Å². The van der Waals surface area contributed by atoms with Crippen molar-refractivity contribution in [3.05, 3.63) is 76.5 Å². The first-order valence-corrected chi connectivity index (χ1v) is 9.63. The topological polar surface area (TPSA) is 77.2 Å². The number of nitro groups is 1. The molecular weight excluding hydrogens is 354 g/mol. The minimum absolute atomic E-state index is 0.0241. The molecule has 0 saturated heterocycles. The zero-order chi connectivity index (χ0) is 19.6. The Morgan fingerprint density at radius 3 is 2.57 bits per heavy atom. The van der Waals surface area contributed by atoms with Gasteiger partial charge in [-0.05, 0) is 30.5 Å². The molecule has 0 spiro atoms. The fourth-order valence-electron chi connectivity index (χ4n) is 4.33. The van der Waals surface area contributed by atoms with Gasteiger partial charge in [-0.15, -0.1) is 0 Å². The molecule has 144 valence electrons. The normalized spacial score (nSPS) is 15.6. The summed E-state index contributed by atoms with van der Waals surface area (Å²) in [6.45, 7) is 0.840. The second-order valence-electron chi connectivity index (χ2n) is 7.57. The first-order valence-electron chi connectivity index (χ1n) is 9.63. The maximum absolute atomic E-state index is 12.6. The van der Waals surface area contributed by atoms with Crippen LogP contribution >= 0.6 is 0 Å². The summed E-state index contributed by atoms with van der Waals surface area (Å²) in [5, 5.41) is 14.8. The first kappa shape index (κ1) is 18.2. The predicted molar refractivity (Wildman–Crippen MR) is 108 cm³/mol. The van der Waals surface area contributed by atoms with Crippen LogP contribution in [0.1, 0.15) is 31.2 Å². The van der Waals surface area contributed by atoms with Crippen molar-refractivity contribution in [3.63, 3.8) is 0 Å². The van der Waals surface area contributed by atoms with Crippen molar-refractivity contribution in [2.75, 3.05) is 6.54 Å². The number of aromatic nitrogens is 1. The number of carbonyl (C=O) groups excluding carboxylic acids is 1. The lowest BCUT2D eigenvalue weighted by atomic mass is 9.79. The Morgan fingerprint density at radius 2 is 1.86 bits per heavy atom. The molecule has 0 aliphatic heterocycles. The molecule has 1 amide bonds. The summed E-state index contributed by atoms with van der Waals surface area (Å²) in [5.74, 6) is -0.0435. The lowest BCUT2D eigenvalue weighted by Crippen LogP contribution is -2.40. The fourth-order valence-corrected chi connectivity index (χ4v) is 4.33. The number of nitrogens with one attached hydrogen (secondary N) is 1. The molecular formula is C22H23N3O3. The fraction of sp³-hybridized carbons (Fsp3) is 0.318. The predicted octanol–water partition coefficient (Wildman–Crippen LogP) is 4.18. The minimum atomic E-state index is -0.409. The van der Waals surface area contributed by atoms with Crippen LogP contribution in [0.15, 0.2) is 60.8 Å². The van der Waals surface area contributed by atoms with E-state index < -0.39 is 4.92 Å². The summed E-state index contributed by atoms with van der Waals surface area (Å²) in [6, 6.07) is 17.0. The molecule has 1 saturated carbocycles. The van der Waals surface area contributed by atoms with Crippen molar-refractivity contribution in [2.45, 2.75) is 37.6 Å². The van der Waals surface area contributed by atoms with Gasteiger partial charge in [0.1, 0.15) is 6.54 Å². The smallest absolute Gasteiger partial charge is 0.270 e. The molecule has 1 fully saturated rings. The first-order chi connectivity index (χ1) is 13.6. The molecule has 1 aliphatic rings.